The summed E-state index contributed by atoms with van der Waals surface area (Å²) in [6, 6.07) is 1.14. The largest absolute Gasteiger partial charge is 0.465 e. The van der Waals surface area contributed by atoms with E-state index >= 15 is 0 Å². The summed E-state index contributed by atoms with van der Waals surface area (Å²) >= 11 is 0. The predicted molar refractivity (Wildman–Crippen MR) is 71.5 cm³/mol. The molecule has 0 aromatic heterocycles. The fraction of sp³-hybridized carbons (Fsp3) is 0.929. The first-order chi connectivity index (χ1) is 8.70. The molecule has 104 valence electrons. The maximum Gasteiger partial charge on any atom is 0.320 e. The van der Waals surface area contributed by atoms with E-state index in [9.17, 15) is 4.79 Å². The second kappa shape index (κ2) is 6.53. The highest BCUT2D eigenvalue weighted by Crippen LogP contribution is 2.24. The van der Waals surface area contributed by atoms with E-state index in [1.807, 2.05) is 0 Å². The maximum absolute atomic E-state index is 11.7. The Morgan fingerprint density at radius 2 is 2.22 bits per heavy atom. The third kappa shape index (κ3) is 3.45. The minimum atomic E-state index is -0.0539. The number of piperazine rings is 1. The van der Waals surface area contributed by atoms with Gasteiger partial charge in [-0.25, -0.2) is 0 Å². The smallest absolute Gasteiger partial charge is 0.320 e. The maximum atomic E-state index is 11.7. The van der Waals surface area contributed by atoms with E-state index in [2.05, 4.69) is 23.6 Å². The van der Waals surface area contributed by atoms with E-state index in [1.54, 1.807) is 0 Å². The van der Waals surface area contributed by atoms with E-state index in [1.165, 1.54) is 19.4 Å². The van der Waals surface area contributed by atoms with Gasteiger partial charge >= 0.3 is 5.97 Å². The van der Waals surface area contributed by atoms with Gasteiger partial charge in [-0.2, -0.15) is 0 Å². The number of hydrogen-bond acceptors (Lipinski definition) is 4. The number of nitrogens with zero attached hydrogens (tertiary/aromatic N) is 2. The molecule has 0 spiro atoms. The molecule has 18 heavy (non-hydrogen) atoms. The van der Waals surface area contributed by atoms with Crippen LogP contribution in [0.15, 0.2) is 0 Å². The van der Waals surface area contributed by atoms with Crippen LogP contribution in [0.5, 0.6) is 0 Å². The second-order valence-electron chi connectivity index (χ2n) is 5.64. The quantitative estimate of drug-likeness (QED) is 0.550. The van der Waals surface area contributed by atoms with Crippen molar-refractivity contribution in [2.24, 2.45) is 0 Å². The van der Waals surface area contributed by atoms with Gasteiger partial charge in [-0.15, -0.1) is 0 Å². The summed E-state index contributed by atoms with van der Waals surface area (Å²) in [6.07, 6.45) is 4.64. The molecule has 2 fully saturated rings. The van der Waals surface area contributed by atoms with Crippen LogP contribution in [0.25, 0.3) is 0 Å². The van der Waals surface area contributed by atoms with Crippen molar-refractivity contribution in [3.05, 3.63) is 0 Å². The zero-order valence-corrected chi connectivity index (χ0v) is 11.7. The molecule has 2 rings (SSSR count). The Morgan fingerprint density at radius 1 is 1.39 bits per heavy atom. The van der Waals surface area contributed by atoms with Crippen LogP contribution >= 0.6 is 0 Å². The molecule has 2 atom stereocenters. The van der Waals surface area contributed by atoms with Crippen LogP contribution in [-0.2, 0) is 9.53 Å². The lowest BCUT2D eigenvalue weighted by Crippen LogP contribution is -2.56. The molecule has 0 bridgehead atoms. The number of ether oxygens (including phenoxy) is 1. The van der Waals surface area contributed by atoms with Crippen molar-refractivity contribution in [3.8, 4) is 0 Å². The van der Waals surface area contributed by atoms with Crippen molar-refractivity contribution in [3.63, 3.8) is 0 Å². The minimum Gasteiger partial charge on any atom is -0.465 e. The number of carbonyl (C=O) groups is 1. The molecule has 2 unspecified atom stereocenters. The lowest BCUT2D eigenvalue weighted by atomic mass is 10.1. The van der Waals surface area contributed by atoms with E-state index < -0.39 is 0 Å². The first kappa shape index (κ1) is 13.8. The van der Waals surface area contributed by atoms with Gasteiger partial charge in [0.15, 0.2) is 0 Å². The summed E-state index contributed by atoms with van der Waals surface area (Å²) in [5, 5.41) is 0. The van der Waals surface area contributed by atoms with Crippen LogP contribution in [0.4, 0.5) is 0 Å². The molecule has 2 heterocycles. The molecule has 2 aliphatic rings. The summed E-state index contributed by atoms with van der Waals surface area (Å²) < 4.78 is 5.25. The fourth-order valence-corrected chi connectivity index (χ4v) is 3.01. The molecule has 0 aliphatic carbocycles. The summed E-state index contributed by atoms with van der Waals surface area (Å²) in [4.78, 5) is 16.6. The third-order valence-corrected chi connectivity index (χ3v) is 4.16. The van der Waals surface area contributed by atoms with Crippen molar-refractivity contribution in [1.29, 1.82) is 0 Å². The normalized spacial score (nSPS) is 29.2. The van der Waals surface area contributed by atoms with E-state index in [0.29, 0.717) is 25.2 Å². The second-order valence-corrected chi connectivity index (χ2v) is 5.64. The van der Waals surface area contributed by atoms with Gasteiger partial charge in [0.2, 0.25) is 0 Å². The van der Waals surface area contributed by atoms with Crippen molar-refractivity contribution in [2.45, 2.75) is 51.6 Å². The Kier molecular flexibility index (Phi) is 5.01. The predicted octanol–water partition coefficient (Wildman–Crippen LogP) is 1.50. The fourth-order valence-electron chi connectivity index (χ4n) is 3.01. The van der Waals surface area contributed by atoms with Crippen molar-refractivity contribution in [1.82, 2.24) is 9.80 Å². The first-order valence-corrected chi connectivity index (χ1v) is 7.34. The molecule has 4 nitrogen and oxygen atoms in total. The van der Waals surface area contributed by atoms with Crippen molar-refractivity contribution >= 4 is 5.97 Å². The standard InChI is InChI=1S/C14H26N2O2/c1-3-4-8-18-14(17)11-16-10-13-6-5-7-15(13)9-12(16)2/h12-13H,3-11H2,1-2H3. The molecular weight excluding hydrogens is 228 g/mol. The molecule has 0 N–H and O–H groups in total. The lowest BCUT2D eigenvalue weighted by Gasteiger charge is -2.41. The molecule has 0 amide bonds. The zero-order chi connectivity index (χ0) is 13.0. The molecule has 0 radical (unpaired) electrons. The molecule has 2 aliphatic heterocycles. The summed E-state index contributed by atoms with van der Waals surface area (Å²) in [5.41, 5.74) is 0. The Bertz CT molecular complexity index is 283. The third-order valence-electron chi connectivity index (χ3n) is 4.16. The molecule has 0 aromatic rings. The minimum absolute atomic E-state index is 0.0539. The summed E-state index contributed by atoms with van der Waals surface area (Å²) in [7, 11) is 0. The number of hydrogen-bond donors (Lipinski definition) is 0. The molecule has 2 saturated heterocycles. The lowest BCUT2D eigenvalue weighted by molar-refractivity contribution is -0.146. The van der Waals surface area contributed by atoms with Gasteiger partial charge in [-0.3, -0.25) is 14.6 Å². The molecule has 0 saturated carbocycles. The summed E-state index contributed by atoms with van der Waals surface area (Å²) in [5.74, 6) is -0.0539. The van der Waals surface area contributed by atoms with Gasteiger partial charge in [0.05, 0.1) is 13.2 Å². The van der Waals surface area contributed by atoms with Crippen molar-refractivity contribution < 1.29 is 9.53 Å². The monoisotopic (exact) mass is 254 g/mol. The SMILES string of the molecule is CCCCOC(=O)CN1CC2CCCN2CC1C. The topological polar surface area (TPSA) is 32.8 Å². The van der Waals surface area contributed by atoms with Gasteiger partial charge in [0.1, 0.15) is 0 Å². The van der Waals surface area contributed by atoms with Crippen LogP contribution < -0.4 is 0 Å². The Labute approximate surface area is 110 Å². The molecule has 4 heteroatoms. The Balaban J connectivity index is 1.76. The number of esters is 1. The van der Waals surface area contributed by atoms with Crippen LogP contribution in [0.1, 0.15) is 39.5 Å². The average molecular weight is 254 g/mol. The van der Waals surface area contributed by atoms with Crippen LogP contribution in [-0.4, -0.2) is 60.6 Å². The van der Waals surface area contributed by atoms with Crippen LogP contribution in [0.2, 0.25) is 0 Å². The number of carbonyl (C=O) groups excluding carboxylic acids is 1. The first-order valence-electron chi connectivity index (χ1n) is 7.34. The highest BCUT2D eigenvalue weighted by molar-refractivity contribution is 5.71. The zero-order valence-electron chi connectivity index (χ0n) is 11.7. The summed E-state index contributed by atoms with van der Waals surface area (Å²) in [6.45, 7) is 8.74. The van der Waals surface area contributed by atoms with E-state index in [0.717, 1.165) is 25.9 Å². The number of fused-ring (bicyclic) bond motifs is 1. The number of rotatable bonds is 5. The molecular formula is C14H26N2O2. The van der Waals surface area contributed by atoms with Gasteiger partial charge in [-0.05, 0) is 32.7 Å². The Hall–Kier alpha value is -0.610. The number of unbranched alkanes of at least 4 members (excludes halogenated alkanes) is 1. The molecule has 0 aromatic carbocycles. The van der Waals surface area contributed by atoms with Gasteiger partial charge in [-0.1, -0.05) is 13.3 Å². The van der Waals surface area contributed by atoms with Gasteiger partial charge in [0.25, 0.3) is 0 Å². The van der Waals surface area contributed by atoms with Crippen molar-refractivity contribution in [2.75, 3.05) is 32.8 Å². The Morgan fingerprint density at radius 3 is 3.00 bits per heavy atom. The van der Waals surface area contributed by atoms with Gasteiger partial charge in [0, 0.05) is 25.2 Å². The van der Waals surface area contributed by atoms with Gasteiger partial charge < -0.3 is 4.74 Å². The van der Waals surface area contributed by atoms with Crippen LogP contribution in [0.3, 0.4) is 0 Å². The average Bonchev–Trinajstić information content (AvgIpc) is 2.77. The highest BCUT2D eigenvalue weighted by Gasteiger charge is 2.35. The van der Waals surface area contributed by atoms with E-state index in [-0.39, 0.29) is 5.97 Å². The van der Waals surface area contributed by atoms with E-state index in [4.69, 9.17) is 4.74 Å². The van der Waals surface area contributed by atoms with Crippen LogP contribution in [0, 0.1) is 0 Å². The highest BCUT2D eigenvalue weighted by atomic mass is 16.5.